The second-order valence-corrected chi connectivity index (χ2v) is 5.36. The Labute approximate surface area is 121 Å². The molecular weight excluding hydrogens is 256 g/mol. The maximum Gasteiger partial charge on any atom is 0.321 e. The molecule has 0 bridgehead atoms. The average Bonchev–Trinajstić information content (AvgIpc) is 2.45. The second-order valence-electron chi connectivity index (χ2n) is 5.36. The largest absolute Gasteiger partial charge is 0.338 e. The van der Waals surface area contributed by atoms with Gasteiger partial charge in [0.05, 0.1) is 6.04 Å². The number of urea groups is 1. The number of amides is 3. The molecule has 3 N–H and O–H groups in total. The van der Waals surface area contributed by atoms with E-state index in [1.807, 2.05) is 6.92 Å². The molecule has 0 aromatic rings. The van der Waals surface area contributed by atoms with Gasteiger partial charge in [0.25, 0.3) is 0 Å². The Hall–Kier alpha value is -1.14. The predicted molar refractivity (Wildman–Crippen MR) is 79.5 cm³/mol. The molecule has 0 saturated carbocycles. The zero-order valence-corrected chi connectivity index (χ0v) is 12.9. The van der Waals surface area contributed by atoms with Gasteiger partial charge in [0.2, 0.25) is 5.91 Å². The van der Waals surface area contributed by atoms with Gasteiger partial charge in [-0.2, -0.15) is 0 Å². The summed E-state index contributed by atoms with van der Waals surface area (Å²) in [6, 6.07) is -0.774. The summed E-state index contributed by atoms with van der Waals surface area (Å²) in [5.74, 6) is 0.347. The lowest BCUT2D eigenvalue weighted by molar-refractivity contribution is -0.121. The van der Waals surface area contributed by atoms with Crippen molar-refractivity contribution in [2.24, 2.45) is 5.92 Å². The monoisotopic (exact) mass is 284 g/mol. The number of carbonyl (C=O) groups is 2. The molecule has 0 aliphatic carbocycles. The molecule has 0 spiro atoms. The number of nitrogens with zero attached hydrogens (tertiary/aromatic N) is 1. The Morgan fingerprint density at radius 3 is 2.45 bits per heavy atom. The Morgan fingerprint density at radius 2 is 1.90 bits per heavy atom. The standard InChI is InChI=1S/C14H28N4O2/c1-4-15-14(20)17-13(19)11(3)16-10-12-6-8-18(5-2)9-7-12/h11-12,16H,4-10H2,1-3H3,(H2,15,17,19,20). The molecule has 0 aromatic heterocycles. The quantitative estimate of drug-likeness (QED) is 0.666. The number of nitrogens with one attached hydrogen (secondary N) is 3. The van der Waals surface area contributed by atoms with Crippen molar-refractivity contribution in [3.63, 3.8) is 0 Å². The fourth-order valence-electron chi connectivity index (χ4n) is 2.37. The minimum Gasteiger partial charge on any atom is -0.338 e. The van der Waals surface area contributed by atoms with Gasteiger partial charge >= 0.3 is 6.03 Å². The summed E-state index contributed by atoms with van der Waals surface area (Å²) in [5, 5.41) is 8.09. The van der Waals surface area contributed by atoms with E-state index in [2.05, 4.69) is 27.8 Å². The summed E-state index contributed by atoms with van der Waals surface area (Å²) in [4.78, 5) is 25.5. The van der Waals surface area contributed by atoms with Crippen LogP contribution in [0.4, 0.5) is 4.79 Å². The van der Waals surface area contributed by atoms with Crippen LogP contribution in [0.2, 0.25) is 0 Å². The fourth-order valence-corrected chi connectivity index (χ4v) is 2.37. The Bertz CT molecular complexity index is 314. The Kier molecular flexibility index (Phi) is 7.54. The van der Waals surface area contributed by atoms with Crippen LogP contribution < -0.4 is 16.0 Å². The van der Waals surface area contributed by atoms with Gasteiger partial charge in [0.1, 0.15) is 0 Å². The van der Waals surface area contributed by atoms with Crippen molar-refractivity contribution < 1.29 is 9.59 Å². The summed E-state index contributed by atoms with van der Waals surface area (Å²) in [5.41, 5.74) is 0. The molecule has 1 aliphatic rings. The molecule has 1 rings (SSSR count). The summed E-state index contributed by atoms with van der Waals surface area (Å²) in [6.45, 7) is 10.5. The van der Waals surface area contributed by atoms with Gasteiger partial charge in [0.15, 0.2) is 0 Å². The molecule has 116 valence electrons. The summed E-state index contributed by atoms with van der Waals surface area (Å²) in [6.07, 6.45) is 2.34. The van der Waals surface area contributed by atoms with Crippen LogP contribution >= 0.6 is 0 Å². The third-order valence-corrected chi connectivity index (χ3v) is 3.83. The Morgan fingerprint density at radius 1 is 1.25 bits per heavy atom. The number of imide groups is 1. The van der Waals surface area contributed by atoms with Crippen LogP contribution in [-0.2, 0) is 4.79 Å². The van der Waals surface area contributed by atoms with Crippen LogP contribution in [-0.4, -0.2) is 55.6 Å². The summed E-state index contributed by atoms with van der Waals surface area (Å²) in [7, 11) is 0. The number of hydrogen-bond acceptors (Lipinski definition) is 4. The van der Waals surface area contributed by atoms with Crippen LogP contribution in [0.25, 0.3) is 0 Å². The molecule has 1 fully saturated rings. The van der Waals surface area contributed by atoms with Crippen molar-refractivity contribution >= 4 is 11.9 Å². The van der Waals surface area contributed by atoms with E-state index in [0.717, 1.165) is 26.2 Å². The molecule has 1 saturated heterocycles. The maximum atomic E-state index is 11.8. The molecular formula is C14H28N4O2. The van der Waals surface area contributed by atoms with E-state index < -0.39 is 6.03 Å². The third-order valence-electron chi connectivity index (χ3n) is 3.83. The van der Waals surface area contributed by atoms with E-state index in [1.165, 1.54) is 12.8 Å². The van der Waals surface area contributed by atoms with Crippen LogP contribution in [0.5, 0.6) is 0 Å². The van der Waals surface area contributed by atoms with E-state index in [9.17, 15) is 9.59 Å². The van der Waals surface area contributed by atoms with Crippen molar-refractivity contribution in [2.45, 2.75) is 39.7 Å². The fraction of sp³-hybridized carbons (Fsp3) is 0.857. The van der Waals surface area contributed by atoms with E-state index in [1.54, 1.807) is 6.92 Å². The van der Waals surface area contributed by atoms with Crippen LogP contribution in [0.15, 0.2) is 0 Å². The van der Waals surface area contributed by atoms with Gasteiger partial charge in [-0.1, -0.05) is 6.92 Å². The minimum atomic E-state index is -0.428. The van der Waals surface area contributed by atoms with Crippen molar-refractivity contribution in [1.82, 2.24) is 20.9 Å². The van der Waals surface area contributed by atoms with Gasteiger partial charge in [-0.15, -0.1) is 0 Å². The van der Waals surface area contributed by atoms with Crippen LogP contribution in [0.1, 0.15) is 33.6 Å². The zero-order chi connectivity index (χ0) is 15.0. The van der Waals surface area contributed by atoms with Crippen LogP contribution in [0.3, 0.4) is 0 Å². The number of likely N-dealkylation sites (tertiary alicyclic amines) is 1. The van der Waals surface area contributed by atoms with Crippen molar-refractivity contribution in [3.05, 3.63) is 0 Å². The summed E-state index contributed by atoms with van der Waals surface area (Å²) >= 11 is 0. The number of piperidine rings is 1. The zero-order valence-electron chi connectivity index (χ0n) is 12.9. The van der Waals surface area contributed by atoms with Gasteiger partial charge in [0, 0.05) is 6.54 Å². The molecule has 1 unspecified atom stereocenters. The number of hydrogen-bond donors (Lipinski definition) is 3. The van der Waals surface area contributed by atoms with Crippen molar-refractivity contribution in [1.29, 1.82) is 0 Å². The van der Waals surface area contributed by atoms with Gasteiger partial charge in [-0.3, -0.25) is 10.1 Å². The molecule has 3 amide bonds. The lowest BCUT2D eigenvalue weighted by atomic mass is 9.96. The first-order chi connectivity index (χ1) is 9.56. The van der Waals surface area contributed by atoms with E-state index in [0.29, 0.717) is 12.5 Å². The average molecular weight is 284 g/mol. The highest BCUT2D eigenvalue weighted by Gasteiger charge is 2.20. The number of rotatable bonds is 6. The third kappa shape index (κ3) is 5.88. The van der Waals surface area contributed by atoms with E-state index in [-0.39, 0.29) is 11.9 Å². The smallest absolute Gasteiger partial charge is 0.321 e. The first-order valence-electron chi connectivity index (χ1n) is 7.61. The molecule has 6 heteroatoms. The second kappa shape index (κ2) is 8.92. The van der Waals surface area contributed by atoms with Crippen LogP contribution in [0, 0.1) is 5.92 Å². The van der Waals surface area contributed by atoms with Crippen molar-refractivity contribution in [3.8, 4) is 0 Å². The van der Waals surface area contributed by atoms with Gasteiger partial charge in [-0.25, -0.2) is 4.79 Å². The topological polar surface area (TPSA) is 73.5 Å². The Balaban J connectivity index is 2.20. The normalized spacial score (nSPS) is 18.6. The molecule has 1 atom stereocenters. The lowest BCUT2D eigenvalue weighted by Crippen LogP contribution is -2.49. The maximum absolute atomic E-state index is 11.8. The van der Waals surface area contributed by atoms with Gasteiger partial charge < -0.3 is 15.5 Å². The van der Waals surface area contributed by atoms with E-state index in [4.69, 9.17) is 0 Å². The molecule has 1 heterocycles. The molecule has 20 heavy (non-hydrogen) atoms. The number of carbonyl (C=O) groups excluding carboxylic acids is 2. The molecule has 0 aromatic carbocycles. The van der Waals surface area contributed by atoms with Crippen molar-refractivity contribution in [2.75, 3.05) is 32.7 Å². The predicted octanol–water partition coefficient (Wildman–Crippen LogP) is 0.542. The SMILES string of the molecule is CCNC(=O)NC(=O)C(C)NCC1CCN(CC)CC1. The highest BCUT2D eigenvalue weighted by molar-refractivity contribution is 5.96. The molecule has 1 aliphatic heterocycles. The summed E-state index contributed by atoms with van der Waals surface area (Å²) < 4.78 is 0. The highest BCUT2D eigenvalue weighted by Crippen LogP contribution is 2.15. The first-order valence-corrected chi connectivity index (χ1v) is 7.61. The molecule has 6 nitrogen and oxygen atoms in total. The molecule has 0 radical (unpaired) electrons. The van der Waals surface area contributed by atoms with Gasteiger partial charge in [-0.05, 0) is 58.8 Å². The minimum absolute atomic E-state index is 0.276. The highest BCUT2D eigenvalue weighted by atomic mass is 16.2. The van der Waals surface area contributed by atoms with E-state index >= 15 is 0 Å². The first kappa shape index (κ1) is 16.9. The lowest BCUT2D eigenvalue weighted by Gasteiger charge is -2.31.